The summed E-state index contributed by atoms with van der Waals surface area (Å²) in [5, 5.41) is 8.53. The number of benzene rings is 1. The van der Waals surface area contributed by atoms with Crippen LogP contribution in [0.2, 0.25) is 0 Å². The van der Waals surface area contributed by atoms with Crippen molar-refractivity contribution in [2.24, 2.45) is 23.9 Å². The van der Waals surface area contributed by atoms with Crippen LogP contribution in [0.4, 0.5) is 4.39 Å². The summed E-state index contributed by atoms with van der Waals surface area (Å²) in [7, 11) is 3.65. The molecule has 1 aromatic carbocycles. The molecule has 2 heterocycles. The van der Waals surface area contributed by atoms with Crippen molar-refractivity contribution in [3.05, 3.63) is 35.7 Å². The van der Waals surface area contributed by atoms with Crippen molar-refractivity contribution < 1.29 is 9.18 Å². The van der Waals surface area contributed by atoms with Gasteiger partial charge >= 0.3 is 0 Å². The number of guanidine groups is 1. The first kappa shape index (κ1) is 18.1. The SMILES string of the molecule is CN1C(=O)/C(=C/c2ccc3c(cnn3C)c2)NC1=NC12CC3CC(CC(F)(C3)C1)C2. The Hall–Kier alpha value is -2.70. The smallest absolute Gasteiger partial charge is 0.276 e. The summed E-state index contributed by atoms with van der Waals surface area (Å²) >= 11 is 0. The molecular formula is C23H26FN5O. The van der Waals surface area contributed by atoms with Crippen molar-refractivity contribution >= 4 is 28.8 Å². The third kappa shape index (κ3) is 2.71. The molecule has 2 aromatic rings. The molecule has 0 spiro atoms. The van der Waals surface area contributed by atoms with Crippen molar-refractivity contribution in [3.63, 3.8) is 0 Å². The molecule has 4 bridgehead atoms. The van der Waals surface area contributed by atoms with E-state index in [1.54, 1.807) is 11.9 Å². The zero-order chi connectivity index (χ0) is 20.7. The zero-order valence-electron chi connectivity index (χ0n) is 17.4. The highest BCUT2D eigenvalue weighted by Crippen LogP contribution is 2.60. The number of hydrogen-bond acceptors (Lipinski definition) is 3. The molecule has 1 N–H and O–H groups in total. The lowest BCUT2D eigenvalue weighted by Gasteiger charge is -2.57. The maximum atomic E-state index is 15.3. The average molecular weight is 407 g/mol. The topological polar surface area (TPSA) is 62.5 Å². The molecule has 4 aliphatic carbocycles. The first-order valence-corrected chi connectivity index (χ1v) is 10.8. The summed E-state index contributed by atoms with van der Waals surface area (Å²) in [4.78, 5) is 19.4. The Morgan fingerprint density at radius 3 is 2.73 bits per heavy atom. The Bertz CT molecular complexity index is 1120. The van der Waals surface area contributed by atoms with Crippen LogP contribution in [0.5, 0.6) is 0 Å². The number of aromatic nitrogens is 2. The van der Waals surface area contributed by atoms with Crippen LogP contribution >= 0.6 is 0 Å². The summed E-state index contributed by atoms with van der Waals surface area (Å²) in [5.41, 5.74) is 1.05. The van der Waals surface area contributed by atoms with Crippen molar-refractivity contribution in [2.75, 3.05) is 7.05 Å². The van der Waals surface area contributed by atoms with Crippen LogP contribution in [0, 0.1) is 11.8 Å². The number of nitrogens with zero attached hydrogens (tertiary/aromatic N) is 4. The van der Waals surface area contributed by atoms with Gasteiger partial charge in [-0.05, 0) is 67.7 Å². The summed E-state index contributed by atoms with van der Waals surface area (Å²) < 4.78 is 17.1. The Morgan fingerprint density at radius 1 is 1.23 bits per heavy atom. The second kappa shape index (κ2) is 5.93. The minimum Gasteiger partial charge on any atom is -0.321 e. The largest absolute Gasteiger partial charge is 0.321 e. The molecule has 4 saturated carbocycles. The van der Waals surface area contributed by atoms with E-state index in [1.807, 2.05) is 42.2 Å². The van der Waals surface area contributed by atoms with Gasteiger partial charge in [-0.25, -0.2) is 9.38 Å². The highest BCUT2D eigenvalue weighted by Gasteiger charge is 2.59. The number of aliphatic imine (C=N–C) groups is 1. The van der Waals surface area contributed by atoms with Crippen LogP contribution in [0.15, 0.2) is 35.1 Å². The van der Waals surface area contributed by atoms with Crippen LogP contribution in [0.1, 0.15) is 44.1 Å². The number of halogens is 1. The van der Waals surface area contributed by atoms with Gasteiger partial charge in [0.15, 0.2) is 0 Å². The van der Waals surface area contributed by atoms with E-state index in [0.29, 0.717) is 42.8 Å². The molecule has 6 nitrogen and oxygen atoms in total. The van der Waals surface area contributed by atoms with Crippen LogP contribution < -0.4 is 5.32 Å². The van der Waals surface area contributed by atoms with E-state index in [2.05, 4.69) is 10.4 Å². The molecule has 1 aromatic heterocycles. The molecule has 7 rings (SSSR count). The molecule has 0 radical (unpaired) electrons. The van der Waals surface area contributed by atoms with Gasteiger partial charge in [0.2, 0.25) is 5.96 Å². The van der Waals surface area contributed by atoms with Gasteiger partial charge in [-0.2, -0.15) is 5.10 Å². The van der Waals surface area contributed by atoms with Gasteiger partial charge in [-0.15, -0.1) is 0 Å². The van der Waals surface area contributed by atoms with Crippen LogP contribution in [-0.4, -0.2) is 44.8 Å². The number of carbonyl (C=O) groups excluding carboxylic acids is 1. The lowest BCUT2D eigenvalue weighted by Crippen LogP contribution is -2.57. The standard InChI is InChI=1S/C23H26FN5O/c1-28-20(30)18(7-14-3-4-19-17(6-14)12-25-29(19)2)26-21(28)27-23-10-15-5-16(11-23)9-22(24,8-15)13-23/h3-4,6-7,12,15-16H,5,8-11,13H2,1-2H3,(H,26,27)/b18-7-. The summed E-state index contributed by atoms with van der Waals surface area (Å²) in [5.74, 6) is 1.31. The molecule has 7 heteroatoms. The Balaban J connectivity index is 1.31. The minimum atomic E-state index is -1.06. The van der Waals surface area contributed by atoms with Gasteiger partial charge < -0.3 is 5.32 Å². The number of likely N-dealkylation sites (N-methyl/N-ethyl adjacent to an activating group) is 1. The van der Waals surface area contributed by atoms with Gasteiger partial charge in [0.05, 0.1) is 17.3 Å². The van der Waals surface area contributed by atoms with Crippen LogP contribution in [-0.2, 0) is 11.8 Å². The van der Waals surface area contributed by atoms with E-state index in [0.717, 1.165) is 35.7 Å². The second-order valence-electron chi connectivity index (χ2n) is 9.91. The molecular weight excluding hydrogens is 381 g/mol. The maximum absolute atomic E-state index is 15.3. The predicted octanol–water partition coefficient (Wildman–Crippen LogP) is 3.39. The second-order valence-corrected chi connectivity index (χ2v) is 9.91. The fourth-order valence-electron chi connectivity index (χ4n) is 6.63. The van der Waals surface area contributed by atoms with Gasteiger partial charge in [0, 0.05) is 25.9 Å². The summed E-state index contributed by atoms with van der Waals surface area (Å²) in [6, 6.07) is 6.00. The first-order chi connectivity index (χ1) is 14.3. The third-order valence-corrected chi connectivity index (χ3v) is 7.48. The van der Waals surface area contributed by atoms with E-state index in [4.69, 9.17) is 4.99 Å². The number of rotatable bonds is 2. The van der Waals surface area contributed by atoms with E-state index < -0.39 is 5.67 Å². The molecule has 1 saturated heterocycles. The lowest BCUT2D eigenvalue weighted by molar-refractivity contribution is -0.121. The molecule has 30 heavy (non-hydrogen) atoms. The van der Waals surface area contributed by atoms with Gasteiger partial charge in [-0.3, -0.25) is 14.4 Å². The quantitative estimate of drug-likeness (QED) is 0.777. The summed E-state index contributed by atoms with van der Waals surface area (Å²) in [6.45, 7) is 0. The number of nitrogens with one attached hydrogen (secondary N) is 1. The number of hydrogen-bond donors (Lipinski definition) is 1. The first-order valence-electron chi connectivity index (χ1n) is 10.8. The molecule has 156 valence electrons. The van der Waals surface area contributed by atoms with E-state index in [-0.39, 0.29) is 11.4 Å². The van der Waals surface area contributed by atoms with Crippen molar-refractivity contribution in [3.8, 4) is 0 Å². The van der Waals surface area contributed by atoms with Crippen molar-refractivity contribution in [2.45, 2.75) is 49.7 Å². The Kier molecular flexibility index (Phi) is 3.58. The Labute approximate surface area is 174 Å². The van der Waals surface area contributed by atoms with Crippen LogP contribution in [0.3, 0.4) is 0 Å². The zero-order valence-corrected chi connectivity index (χ0v) is 17.4. The summed E-state index contributed by atoms with van der Waals surface area (Å²) in [6.07, 6.45) is 8.59. The number of alkyl halides is 1. The van der Waals surface area contributed by atoms with Crippen LogP contribution in [0.25, 0.3) is 17.0 Å². The fourth-order valence-corrected chi connectivity index (χ4v) is 6.63. The highest BCUT2D eigenvalue weighted by atomic mass is 19.1. The molecule has 5 fully saturated rings. The number of carbonyl (C=O) groups is 1. The lowest BCUT2D eigenvalue weighted by atomic mass is 9.52. The number of fused-ring (bicyclic) bond motifs is 1. The predicted molar refractivity (Wildman–Crippen MR) is 113 cm³/mol. The molecule has 2 unspecified atom stereocenters. The van der Waals surface area contributed by atoms with E-state index >= 15 is 4.39 Å². The molecule has 5 aliphatic rings. The minimum absolute atomic E-state index is 0.111. The maximum Gasteiger partial charge on any atom is 0.276 e. The average Bonchev–Trinajstić information content (AvgIpc) is 3.15. The molecule has 1 aliphatic heterocycles. The van der Waals surface area contributed by atoms with Crippen molar-refractivity contribution in [1.29, 1.82) is 0 Å². The number of aryl methyl sites for hydroxylation is 1. The highest BCUT2D eigenvalue weighted by molar-refractivity contribution is 6.15. The molecule has 2 atom stereocenters. The normalized spacial score (nSPS) is 37.7. The monoisotopic (exact) mass is 407 g/mol. The van der Waals surface area contributed by atoms with E-state index in [1.165, 1.54) is 0 Å². The van der Waals surface area contributed by atoms with Crippen molar-refractivity contribution in [1.82, 2.24) is 20.0 Å². The van der Waals surface area contributed by atoms with Gasteiger partial charge in [0.25, 0.3) is 5.91 Å². The van der Waals surface area contributed by atoms with Gasteiger partial charge in [0.1, 0.15) is 11.4 Å². The number of amides is 1. The molecule has 1 amide bonds. The van der Waals surface area contributed by atoms with Gasteiger partial charge in [-0.1, -0.05) is 6.07 Å². The Morgan fingerprint density at radius 2 is 2.00 bits per heavy atom. The fraction of sp³-hybridized carbons (Fsp3) is 0.522. The third-order valence-electron chi connectivity index (χ3n) is 7.48. The van der Waals surface area contributed by atoms with E-state index in [9.17, 15) is 4.79 Å².